The zero-order valence-corrected chi connectivity index (χ0v) is 10.5. The zero-order valence-electron chi connectivity index (χ0n) is 10.5. The minimum absolute atomic E-state index is 0.154. The summed E-state index contributed by atoms with van der Waals surface area (Å²) in [4.78, 5) is 19.8. The van der Waals surface area contributed by atoms with E-state index in [1.54, 1.807) is 24.3 Å². The van der Waals surface area contributed by atoms with Gasteiger partial charge in [0.2, 0.25) is 0 Å². The van der Waals surface area contributed by atoms with Crippen LogP contribution in [-0.4, -0.2) is 15.9 Å². The molecular formula is C13H12N6O. The number of nitrogens with two attached hydrogens (primary N) is 1. The molecule has 7 nitrogen and oxygen atoms in total. The maximum atomic E-state index is 12.0. The van der Waals surface area contributed by atoms with Crippen LogP contribution in [0.4, 0.5) is 11.5 Å². The molecule has 0 bridgehead atoms. The highest BCUT2D eigenvalue weighted by Gasteiger charge is 2.09. The van der Waals surface area contributed by atoms with Crippen molar-refractivity contribution in [3.05, 3.63) is 47.9 Å². The molecule has 0 fully saturated rings. The molecule has 0 unspecified atom stereocenters. The number of anilines is 2. The maximum absolute atomic E-state index is 12.0. The fourth-order valence-corrected chi connectivity index (χ4v) is 1.54. The maximum Gasteiger partial charge on any atom is 0.275 e. The van der Waals surface area contributed by atoms with Crippen LogP contribution in [0, 0.1) is 11.3 Å². The number of benzene rings is 1. The van der Waals surface area contributed by atoms with E-state index in [0.717, 1.165) is 5.56 Å². The molecule has 0 radical (unpaired) electrons. The van der Waals surface area contributed by atoms with Gasteiger partial charge in [-0.3, -0.25) is 9.78 Å². The number of carbonyl (C=O) groups is 1. The van der Waals surface area contributed by atoms with E-state index in [1.165, 1.54) is 12.4 Å². The average Bonchev–Trinajstić information content (AvgIpc) is 2.49. The average molecular weight is 268 g/mol. The van der Waals surface area contributed by atoms with Crippen LogP contribution >= 0.6 is 0 Å². The van der Waals surface area contributed by atoms with E-state index in [0.29, 0.717) is 17.9 Å². The van der Waals surface area contributed by atoms with Gasteiger partial charge in [-0.25, -0.2) is 10.8 Å². The number of nitrogens with one attached hydrogen (secondary N) is 2. The number of amides is 1. The first-order chi connectivity index (χ1) is 9.72. The van der Waals surface area contributed by atoms with Gasteiger partial charge in [0.1, 0.15) is 5.69 Å². The Morgan fingerprint density at radius 1 is 1.30 bits per heavy atom. The van der Waals surface area contributed by atoms with Crippen LogP contribution in [0.3, 0.4) is 0 Å². The van der Waals surface area contributed by atoms with Crippen molar-refractivity contribution in [2.45, 2.75) is 6.42 Å². The van der Waals surface area contributed by atoms with E-state index in [2.05, 4.69) is 26.8 Å². The Bertz CT molecular complexity index is 647. The van der Waals surface area contributed by atoms with Gasteiger partial charge in [-0.2, -0.15) is 5.26 Å². The van der Waals surface area contributed by atoms with E-state index in [4.69, 9.17) is 11.1 Å². The molecule has 0 aliphatic carbocycles. The third kappa shape index (κ3) is 3.28. The third-order valence-electron chi connectivity index (χ3n) is 2.51. The van der Waals surface area contributed by atoms with E-state index in [1.807, 2.05) is 0 Å². The molecule has 1 amide bonds. The second kappa shape index (κ2) is 6.26. The van der Waals surface area contributed by atoms with E-state index in [9.17, 15) is 4.79 Å². The number of carbonyl (C=O) groups excluding carboxylic acids is 1. The van der Waals surface area contributed by atoms with Gasteiger partial charge in [-0.15, -0.1) is 0 Å². The van der Waals surface area contributed by atoms with Crippen molar-refractivity contribution >= 4 is 17.4 Å². The van der Waals surface area contributed by atoms with Crippen molar-refractivity contribution in [2.24, 2.45) is 5.84 Å². The van der Waals surface area contributed by atoms with Crippen LogP contribution in [0.1, 0.15) is 16.1 Å². The summed E-state index contributed by atoms with van der Waals surface area (Å²) < 4.78 is 0. The molecule has 0 atom stereocenters. The van der Waals surface area contributed by atoms with Crippen molar-refractivity contribution in [2.75, 3.05) is 10.7 Å². The minimum Gasteiger partial charge on any atom is -0.321 e. The summed E-state index contributed by atoms with van der Waals surface area (Å²) in [7, 11) is 0. The van der Waals surface area contributed by atoms with Gasteiger partial charge in [-0.05, 0) is 17.7 Å². The lowest BCUT2D eigenvalue weighted by atomic mass is 10.1. The largest absolute Gasteiger partial charge is 0.321 e. The van der Waals surface area contributed by atoms with Crippen molar-refractivity contribution in [3.63, 3.8) is 0 Å². The number of nitrogen functional groups attached to an aromatic ring is 1. The molecule has 0 spiro atoms. The summed E-state index contributed by atoms with van der Waals surface area (Å²) in [6.45, 7) is 0. The van der Waals surface area contributed by atoms with Crippen LogP contribution < -0.4 is 16.6 Å². The van der Waals surface area contributed by atoms with Gasteiger partial charge in [0.15, 0.2) is 5.82 Å². The fourth-order valence-electron chi connectivity index (χ4n) is 1.54. The summed E-state index contributed by atoms with van der Waals surface area (Å²) >= 11 is 0. The molecular weight excluding hydrogens is 256 g/mol. The lowest BCUT2D eigenvalue weighted by Gasteiger charge is -2.06. The number of hydrazine groups is 1. The zero-order chi connectivity index (χ0) is 14.4. The molecule has 2 aromatic rings. The van der Waals surface area contributed by atoms with Crippen LogP contribution in [0.25, 0.3) is 0 Å². The van der Waals surface area contributed by atoms with E-state index < -0.39 is 0 Å². The molecule has 0 saturated heterocycles. The standard InChI is InChI=1S/C13H12N6O/c14-6-5-9-1-3-10(4-2-9)17-13(20)11-7-16-8-12(18-11)19-15/h1-4,7-8H,5,15H2,(H,17,20)(H,18,19). The smallest absolute Gasteiger partial charge is 0.275 e. The topological polar surface area (TPSA) is 117 Å². The van der Waals surface area contributed by atoms with Gasteiger partial charge in [0.05, 0.1) is 24.9 Å². The number of nitrogens with zero attached hydrogens (tertiary/aromatic N) is 3. The summed E-state index contributed by atoms with van der Waals surface area (Å²) in [5.74, 6) is 5.13. The van der Waals surface area contributed by atoms with Crippen LogP contribution in [0.2, 0.25) is 0 Å². The molecule has 20 heavy (non-hydrogen) atoms. The summed E-state index contributed by atoms with van der Waals surface area (Å²) in [6, 6.07) is 9.07. The van der Waals surface area contributed by atoms with Crippen molar-refractivity contribution in [1.82, 2.24) is 9.97 Å². The number of hydrogen-bond donors (Lipinski definition) is 3. The minimum atomic E-state index is -0.386. The molecule has 1 heterocycles. The first kappa shape index (κ1) is 13.5. The Morgan fingerprint density at radius 2 is 2.05 bits per heavy atom. The Kier molecular flexibility index (Phi) is 4.21. The molecule has 1 aromatic heterocycles. The molecule has 100 valence electrons. The monoisotopic (exact) mass is 268 g/mol. The van der Waals surface area contributed by atoms with Crippen LogP contribution in [0.5, 0.6) is 0 Å². The summed E-state index contributed by atoms with van der Waals surface area (Å²) in [6.07, 6.45) is 3.09. The number of aromatic nitrogens is 2. The number of nitriles is 1. The normalized spacial score (nSPS) is 9.60. The highest BCUT2D eigenvalue weighted by Crippen LogP contribution is 2.11. The fraction of sp³-hybridized carbons (Fsp3) is 0.0769. The summed E-state index contributed by atoms with van der Waals surface area (Å²) in [5, 5.41) is 11.3. The van der Waals surface area contributed by atoms with E-state index in [-0.39, 0.29) is 11.6 Å². The van der Waals surface area contributed by atoms with Gasteiger partial charge >= 0.3 is 0 Å². The highest BCUT2D eigenvalue weighted by molar-refractivity contribution is 6.02. The predicted molar refractivity (Wildman–Crippen MR) is 73.6 cm³/mol. The van der Waals surface area contributed by atoms with Gasteiger partial charge < -0.3 is 10.7 Å². The molecule has 7 heteroatoms. The first-order valence-corrected chi connectivity index (χ1v) is 5.79. The summed E-state index contributed by atoms with van der Waals surface area (Å²) in [5.41, 5.74) is 3.98. The Hall–Kier alpha value is -2.98. The lowest BCUT2D eigenvalue weighted by Crippen LogP contribution is -2.16. The molecule has 1 aromatic carbocycles. The number of rotatable bonds is 4. The Morgan fingerprint density at radius 3 is 2.70 bits per heavy atom. The van der Waals surface area contributed by atoms with Crippen molar-refractivity contribution < 1.29 is 4.79 Å². The SMILES string of the molecule is N#CCc1ccc(NC(=O)c2cncc(NN)n2)cc1. The van der Waals surface area contributed by atoms with Crippen molar-refractivity contribution in [3.8, 4) is 6.07 Å². The highest BCUT2D eigenvalue weighted by atomic mass is 16.1. The quantitative estimate of drug-likeness (QED) is 0.564. The molecule has 0 aliphatic rings. The second-order valence-electron chi connectivity index (χ2n) is 3.92. The van der Waals surface area contributed by atoms with Gasteiger partial charge in [-0.1, -0.05) is 12.1 Å². The lowest BCUT2D eigenvalue weighted by molar-refractivity contribution is 0.102. The molecule has 0 saturated carbocycles. The Balaban J connectivity index is 2.09. The molecule has 2 rings (SSSR count). The van der Waals surface area contributed by atoms with Crippen LogP contribution in [-0.2, 0) is 6.42 Å². The predicted octanol–water partition coefficient (Wildman–Crippen LogP) is 1.08. The van der Waals surface area contributed by atoms with Gasteiger partial charge in [0, 0.05) is 5.69 Å². The first-order valence-electron chi connectivity index (χ1n) is 5.79. The molecule has 0 aliphatic heterocycles. The van der Waals surface area contributed by atoms with E-state index >= 15 is 0 Å². The number of hydrogen-bond acceptors (Lipinski definition) is 6. The van der Waals surface area contributed by atoms with Gasteiger partial charge in [0.25, 0.3) is 5.91 Å². The third-order valence-corrected chi connectivity index (χ3v) is 2.51. The van der Waals surface area contributed by atoms with Crippen molar-refractivity contribution in [1.29, 1.82) is 5.26 Å². The molecule has 4 N–H and O–H groups in total. The van der Waals surface area contributed by atoms with Crippen LogP contribution in [0.15, 0.2) is 36.7 Å². The second-order valence-corrected chi connectivity index (χ2v) is 3.92. The Labute approximate surface area is 115 Å².